The molecule has 3 aliphatic rings. The smallest absolute Gasteiger partial charge is 0.209 e. The Hall–Kier alpha value is -1.33. The van der Waals surface area contributed by atoms with Gasteiger partial charge in [0, 0.05) is 12.7 Å². The lowest BCUT2D eigenvalue weighted by Crippen LogP contribution is -2.60. The molecule has 0 aromatic heterocycles. The van der Waals surface area contributed by atoms with Gasteiger partial charge in [0.1, 0.15) is 24.4 Å². The van der Waals surface area contributed by atoms with Crippen molar-refractivity contribution in [1.82, 2.24) is 0 Å². The van der Waals surface area contributed by atoms with Crippen LogP contribution in [0.15, 0.2) is 23.5 Å². The molecule has 8 atom stereocenters. The van der Waals surface area contributed by atoms with E-state index in [1.54, 1.807) is 6.92 Å². The molecule has 1 fully saturated rings. The molecular weight excluding hydrogens is 348 g/mol. The van der Waals surface area contributed by atoms with E-state index in [-0.39, 0.29) is 12.4 Å². The third-order valence-electron chi connectivity index (χ3n) is 5.04. The Balaban J connectivity index is 1.79. The largest absolute Gasteiger partial charge is 0.472 e. The number of ketones is 1. The van der Waals surface area contributed by atoms with Crippen molar-refractivity contribution in [1.29, 1.82) is 0 Å². The summed E-state index contributed by atoms with van der Waals surface area (Å²) in [6.07, 6.45) is -4.99. The zero-order valence-corrected chi connectivity index (χ0v) is 14.5. The van der Waals surface area contributed by atoms with Gasteiger partial charge in [-0.25, -0.2) is 0 Å². The molecule has 0 radical (unpaired) electrons. The number of carbonyl (C=O) groups is 1. The van der Waals surface area contributed by atoms with Crippen molar-refractivity contribution in [3.63, 3.8) is 0 Å². The highest BCUT2D eigenvalue weighted by molar-refractivity contribution is 5.97. The lowest BCUT2D eigenvalue weighted by Gasteiger charge is -2.42. The summed E-state index contributed by atoms with van der Waals surface area (Å²) in [6, 6.07) is 0. The van der Waals surface area contributed by atoms with Crippen LogP contribution in [0.25, 0.3) is 0 Å². The van der Waals surface area contributed by atoms with Crippen LogP contribution >= 0.6 is 0 Å². The fraction of sp³-hybridized carbons (Fsp3) is 0.706. The number of rotatable bonds is 5. The number of aliphatic hydroxyl groups is 4. The molecule has 8 unspecified atom stereocenters. The number of methoxy groups -OCH3 is 1. The lowest BCUT2D eigenvalue weighted by molar-refractivity contribution is -0.339. The van der Waals surface area contributed by atoms with Crippen LogP contribution in [0, 0.1) is 11.8 Å². The Morgan fingerprint density at radius 3 is 2.54 bits per heavy atom. The van der Waals surface area contributed by atoms with E-state index >= 15 is 0 Å². The number of hydrogen-bond donors (Lipinski definition) is 4. The summed E-state index contributed by atoms with van der Waals surface area (Å²) in [5.41, 5.74) is 1.44. The van der Waals surface area contributed by atoms with Crippen molar-refractivity contribution < 1.29 is 44.2 Å². The van der Waals surface area contributed by atoms with E-state index in [0.717, 1.165) is 5.57 Å². The van der Waals surface area contributed by atoms with Gasteiger partial charge in [0.05, 0.1) is 31.3 Å². The predicted molar refractivity (Wildman–Crippen MR) is 85.4 cm³/mol. The second kappa shape index (κ2) is 7.73. The van der Waals surface area contributed by atoms with Crippen molar-refractivity contribution in [2.75, 3.05) is 20.3 Å². The monoisotopic (exact) mass is 372 g/mol. The molecule has 2 aliphatic heterocycles. The number of hydrogen-bond acceptors (Lipinski definition) is 9. The van der Waals surface area contributed by atoms with Crippen LogP contribution in [0.3, 0.4) is 0 Å². The van der Waals surface area contributed by atoms with Crippen LogP contribution in [-0.2, 0) is 23.7 Å². The van der Waals surface area contributed by atoms with E-state index in [1.165, 1.54) is 19.4 Å². The summed E-state index contributed by atoms with van der Waals surface area (Å²) in [5.74, 6) is -0.995. The molecule has 0 amide bonds. The van der Waals surface area contributed by atoms with E-state index in [1.807, 2.05) is 0 Å². The SMILES string of the molecule is COCC1=COC(OC2OC(CO)C(O)C(O)C2O)C2C(C)=CC(=O)C12. The number of allylic oxidation sites excluding steroid dienone is 1. The van der Waals surface area contributed by atoms with Crippen LogP contribution in [0.4, 0.5) is 0 Å². The predicted octanol–water partition coefficient (Wildman–Crippen LogP) is -1.55. The normalized spacial score (nSPS) is 42.8. The van der Waals surface area contributed by atoms with Crippen LogP contribution < -0.4 is 0 Å². The van der Waals surface area contributed by atoms with E-state index < -0.39 is 55.4 Å². The van der Waals surface area contributed by atoms with Gasteiger partial charge in [0.2, 0.25) is 6.29 Å². The average Bonchev–Trinajstić information content (AvgIpc) is 2.92. The Kier molecular flexibility index (Phi) is 5.78. The Labute approximate surface area is 150 Å². The number of fused-ring (bicyclic) bond motifs is 1. The zero-order chi connectivity index (χ0) is 19.0. The summed E-state index contributed by atoms with van der Waals surface area (Å²) in [6.45, 7) is 1.46. The van der Waals surface area contributed by atoms with Crippen molar-refractivity contribution in [2.45, 2.75) is 43.9 Å². The maximum absolute atomic E-state index is 12.3. The Morgan fingerprint density at radius 2 is 1.88 bits per heavy atom. The molecule has 9 heteroatoms. The highest BCUT2D eigenvalue weighted by Crippen LogP contribution is 2.42. The first-order valence-corrected chi connectivity index (χ1v) is 8.40. The average molecular weight is 372 g/mol. The molecule has 146 valence electrons. The van der Waals surface area contributed by atoms with Gasteiger partial charge in [0.15, 0.2) is 12.1 Å². The van der Waals surface area contributed by atoms with Gasteiger partial charge in [0.25, 0.3) is 0 Å². The molecule has 26 heavy (non-hydrogen) atoms. The summed E-state index contributed by atoms with van der Waals surface area (Å²) in [5, 5.41) is 39.1. The van der Waals surface area contributed by atoms with Gasteiger partial charge in [-0.3, -0.25) is 4.79 Å². The molecule has 1 aliphatic carbocycles. The minimum Gasteiger partial charge on any atom is -0.472 e. The minimum atomic E-state index is -1.55. The summed E-state index contributed by atoms with van der Waals surface area (Å²) in [4.78, 5) is 12.3. The number of ether oxygens (including phenoxy) is 4. The van der Waals surface area contributed by atoms with Gasteiger partial charge in [-0.1, -0.05) is 5.57 Å². The molecule has 0 spiro atoms. The van der Waals surface area contributed by atoms with Gasteiger partial charge >= 0.3 is 0 Å². The molecule has 0 saturated carbocycles. The lowest BCUT2D eigenvalue weighted by atomic mass is 9.83. The summed E-state index contributed by atoms with van der Waals surface area (Å²) in [7, 11) is 1.52. The summed E-state index contributed by atoms with van der Waals surface area (Å²) < 4.78 is 21.8. The fourth-order valence-corrected chi connectivity index (χ4v) is 3.67. The van der Waals surface area contributed by atoms with Gasteiger partial charge in [-0.15, -0.1) is 0 Å². The second-order valence-corrected chi connectivity index (χ2v) is 6.76. The molecule has 9 nitrogen and oxygen atoms in total. The van der Waals surface area contributed by atoms with Crippen molar-refractivity contribution >= 4 is 5.78 Å². The maximum Gasteiger partial charge on any atom is 0.209 e. The molecule has 0 bridgehead atoms. The molecule has 0 aromatic carbocycles. The quantitative estimate of drug-likeness (QED) is 0.452. The molecule has 2 heterocycles. The minimum absolute atomic E-state index is 0.0819. The van der Waals surface area contributed by atoms with E-state index in [0.29, 0.717) is 5.57 Å². The van der Waals surface area contributed by atoms with Crippen LogP contribution in [-0.4, -0.2) is 83.5 Å². The number of aliphatic hydroxyl groups excluding tert-OH is 4. The van der Waals surface area contributed by atoms with Crippen LogP contribution in [0.1, 0.15) is 6.92 Å². The first-order valence-electron chi connectivity index (χ1n) is 8.40. The van der Waals surface area contributed by atoms with E-state index in [9.17, 15) is 25.2 Å². The first kappa shape index (κ1) is 19.4. The van der Waals surface area contributed by atoms with Gasteiger partial charge in [-0.05, 0) is 13.0 Å². The third-order valence-corrected chi connectivity index (χ3v) is 5.04. The van der Waals surface area contributed by atoms with E-state index in [4.69, 9.17) is 18.9 Å². The standard InChI is InChI=1S/C17H24O9/c1-7-3-9(19)12-8(5-23-2)6-24-16(11(7)12)26-17-15(22)14(21)13(20)10(4-18)25-17/h3,6,10-18,20-22H,4-5H2,1-2H3. The van der Waals surface area contributed by atoms with E-state index in [2.05, 4.69) is 0 Å². The highest BCUT2D eigenvalue weighted by Gasteiger charge is 2.50. The molecular formula is C17H24O9. The maximum atomic E-state index is 12.3. The fourth-order valence-electron chi connectivity index (χ4n) is 3.67. The van der Waals surface area contributed by atoms with Crippen molar-refractivity contribution in [3.8, 4) is 0 Å². The molecule has 1 saturated heterocycles. The molecule has 0 aromatic rings. The Morgan fingerprint density at radius 1 is 1.15 bits per heavy atom. The Bertz CT molecular complexity index is 599. The second-order valence-electron chi connectivity index (χ2n) is 6.76. The number of carbonyl (C=O) groups excluding carboxylic acids is 1. The van der Waals surface area contributed by atoms with Crippen molar-refractivity contribution in [3.05, 3.63) is 23.5 Å². The first-order chi connectivity index (χ1) is 12.4. The summed E-state index contributed by atoms with van der Waals surface area (Å²) >= 11 is 0. The highest BCUT2D eigenvalue weighted by atomic mass is 16.8. The third kappa shape index (κ3) is 3.31. The molecule has 3 rings (SSSR count). The topological polar surface area (TPSA) is 135 Å². The van der Waals surface area contributed by atoms with Crippen molar-refractivity contribution in [2.24, 2.45) is 11.8 Å². The van der Waals surface area contributed by atoms with Gasteiger partial charge in [-0.2, -0.15) is 0 Å². The van der Waals surface area contributed by atoms with Gasteiger partial charge < -0.3 is 39.4 Å². The van der Waals surface area contributed by atoms with Crippen LogP contribution in [0.2, 0.25) is 0 Å². The van der Waals surface area contributed by atoms with Crippen LogP contribution in [0.5, 0.6) is 0 Å². The zero-order valence-electron chi connectivity index (χ0n) is 14.5. The molecule has 4 N–H and O–H groups in total.